The zero-order chi connectivity index (χ0) is 12.3. The van der Waals surface area contributed by atoms with E-state index in [-0.39, 0.29) is 5.56 Å². The first-order valence-electron chi connectivity index (χ1n) is 5.21. The van der Waals surface area contributed by atoms with Crippen molar-refractivity contribution in [3.8, 4) is 11.4 Å². The van der Waals surface area contributed by atoms with Crippen molar-refractivity contribution in [2.75, 3.05) is 0 Å². The van der Waals surface area contributed by atoms with Crippen LogP contribution in [0.1, 0.15) is 22.8 Å². The third-order valence-electron chi connectivity index (χ3n) is 2.42. The standard InChI is InChI=1S/C12H11N3O2/c1-2-8-5-13-4-3-10(8)11-14-6-9(7-15-11)12(16)17/h3-7H,2H2,1H3,(H,16,17). The molecule has 86 valence electrons. The lowest BCUT2D eigenvalue weighted by Gasteiger charge is -2.05. The van der Waals surface area contributed by atoms with Gasteiger partial charge in [-0.15, -0.1) is 0 Å². The van der Waals surface area contributed by atoms with E-state index in [2.05, 4.69) is 15.0 Å². The molecule has 1 N–H and O–H groups in total. The molecule has 5 heteroatoms. The van der Waals surface area contributed by atoms with Gasteiger partial charge in [0, 0.05) is 30.4 Å². The molecule has 0 saturated heterocycles. The molecular weight excluding hydrogens is 218 g/mol. The minimum absolute atomic E-state index is 0.0841. The van der Waals surface area contributed by atoms with Crippen LogP contribution in [-0.4, -0.2) is 26.0 Å². The number of carboxylic acids is 1. The summed E-state index contributed by atoms with van der Waals surface area (Å²) in [5.41, 5.74) is 2.01. The zero-order valence-corrected chi connectivity index (χ0v) is 9.29. The van der Waals surface area contributed by atoms with Gasteiger partial charge in [-0.3, -0.25) is 4.98 Å². The summed E-state index contributed by atoms with van der Waals surface area (Å²) in [6, 6.07) is 1.83. The predicted molar refractivity (Wildman–Crippen MR) is 61.6 cm³/mol. The van der Waals surface area contributed by atoms with E-state index < -0.39 is 5.97 Å². The van der Waals surface area contributed by atoms with Gasteiger partial charge in [-0.05, 0) is 18.1 Å². The molecule has 5 nitrogen and oxygen atoms in total. The highest BCUT2D eigenvalue weighted by Crippen LogP contribution is 2.19. The largest absolute Gasteiger partial charge is 0.478 e. The van der Waals surface area contributed by atoms with Gasteiger partial charge in [-0.2, -0.15) is 0 Å². The Hall–Kier alpha value is -2.30. The van der Waals surface area contributed by atoms with E-state index in [0.29, 0.717) is 5.82 Å². The van der Waals surface area contributed by atoms with Gasteiger partial charge in [-0.25, -0.2) is 14.8 Å². The van der Waals surface area contributed by atoms with Crippen LogP contribution in [0, 0.1) is 0 Å². The van der Waals surface area contributed by atoms with Crippen LogP contribution in [-0.2, 0) is 6.42 Å². The predicted octanol–water partition coefficient (Wildman–Crippen LogP) is 1.80. The third-order valence-corrected chi connectivity index (χ3v) is 2.42. The lowest BCUT2D eigenvalue weighted by molar-refractivity contribution is 0.0696. The van der Waals surface area contributed by atoms with Crippen molar-refractivity contribution in [2.45, 2.75) is 13.3 Å². The van der Waals surface area contributed by atoms with E-state index in [4.69, 9.17) is 5.11 Å². The van der Waals surface area contributed by atoms with Gasteiger partial charge in [0.15, 0.2) is 5.82 Å². The summed E-state index contributed by atoms with van der Waals surface area (Å²) < 4.78 is 0. The van der Waals surface area contributed by atoms with E-state index in [1.54, 1.807) is 12.4 Å². The molecule has 0 aliphatic carbocycles. The highest BCUT2D eigenvalue weighted by molar-refractivity contribution is 5.86. The van der Waals surface area contributed by atoms with E-state index in [9.17, 15) is 4.79 Å². The van der Waals surface area contributed by atoms with Crippen LogP contribution in [0.25, 0.3) is 11.4 Å². The number of aromatic nitrogens is 3. The second-order valence-corrected chi connectivity index (χ2v) is 3.49. The zero-order valence-electron chi connectivity index (χ0n) is 9.29. The van der Waals surface area contributed by atoms with Gasteiger partial charge < -0.3 is 5.11 Å². The number of pyridine rings is 1. The molecule has 2 heterocycles. The molecule has 0 unspecified atom stereocenters. The molecule has 2 aromatic heterocycles. The average Bonchev–Trinajstić information content (AvgIpc) is 2.39. The fourth-order valence-electron chi connectivity index (χ4n) is 1.50. The number of carbonyl (C=O) groups is 1. The summed E-state index contributed by atoms with van der Waals surface area (Å²) in [7, 11) is 0. The molecule has 0 aliphatic heterocycles. The van der Waals surface area contributed by atoms with Crippen molar-refractivity contribution in [1.82, 2.24) is 15.0 Å². The number of carboxylic acid groups (broad SMARTS) is 1. The summed E-state index contributed by atoms with van der Waals surface area (Å²) in [6.07, 6.45) is 6.88. The van der Waals surface area contributed by atoms with Crippen LogP contribution in [0.5, 0.6) is 0 Å². The third kappa shape index (κ3) is 2.28. The quantitative estimate of drug-likeness (QED) is 0.868. The molecule has 2 aromatic rings. The Bertz CT molecular complexity index is 538. The fourth-order valence-corrected chi connectivity index (χ4v) is 1.50. The van der Waals surface area contributed by atoms with Crippen molar-refractivity contribution in [2.24, 2.45) is 0 Å². The molecule has 0 spiro atoms. The Balaban J connectivity index is 2.43. The van der Waals surface area contributed by atoms with Crippen molar-refractivity contribution in [3.05, 3.63) is 42.0 Å². The molecule has 0 aliphatic rings. The van der Waals surface area contributed by atoms with Gasteiger partial charge in [0.1, 0.15) is 0 Å². The van der Waals surface area contributed by atoms with Crippen LogP contribution >= 0.6 is 0 Å². The van der Waals surface area contributed by atoms with Gasteiger partial charge in [0.05, 0.1) is 5.56 Å². The Kier molecular flexibility index (Phi) is 3.09. The van der Waals surface area contributed by atoms with Crippen LogP contribution in [0.2, 0.25) is 0 Å². The van der Waals surface area contributed by atoms with Gasteiger partial charge >= 0.3 is 5.97 Å². The fraction of sp³-hybridized carbons (Fsp3) is 0.167. The molecule has 0 aromatic carbocycles. The topological polar surface area (TPSA) is 76.0 Å². The van der Waals surface area contributed by atoms with Crippen molar-refractivity contribution < 1.29 is 9.90 Å². The molecule has 0 saturated carbocycles. The SMILES string of the molecule is CCc1cnccc1-c1ncc(C(=O)O)cn1. The normalized spacial score (nSPS) is 10.2. The average molecular weight is 229 g/mol. The Labute approximate surface area is 98.2 Å². The Morgan fingerprint density at radius 3 is 2.59 bits per heavy atom. The summed E-state index contributed by atoms with van der Waals surface area (Å²) in [5, 5.41) is 8.76. The maximum atomic E-state index is 10.7. The molecule has 0 atom stereocenters. The molecule has 0 bridgehead atoms. The van der Waals surface area contributed by atoms with Gasteiger partial charge in [0.25, 0.3) is 0 Å². The highest BCUT2D eigenvalue weighted by atomic mass is 16.4. The van der Waals surface area contributed by atoms with Crippen molar-refractivity contribution in [1.29, 1.82) is 0 Å². The number of hydrogen-bond donors (Lipinski definition) is 1. The van der Waals surface area contributed by atoms with E-state index in [1.165, 1.54) is 12.4 Å². The molecule has 0 amide bonds. The maximum absolute atomic E-state index is 10.7. The number of aromatic carboxylic acids is 1. The van der Waals surface area contributed by atoms with E-state index in [1.807, 2.05) is 13.0 Å². The minimum atomic E-state index is -1.03. The first-order valence-corrected chi connectivity index (χ1v) is 5.21. The summed E-state index contributed by atoms with van der Waals surface area (Å²) in [4.78, 5) is 22.8. The first kappa shape index (κ1) is 11.2. The maximum Gasteiger partial charge on any atom is 0.338 e. The van der Waals surface area contributed by atoms with Crippen molar-refractivity contribution >= 4 is 5.97 Å². The molecule has 17 heavy (non-hydrogen) atoms. The lowest BCUT2D eigenvalue weighted by Crippen LogP contribution is -2.00. The highest BCUT2D eigenvalue weighted by Gasteiger charge is 2.08. The van der Waals surface area contributed by atoms with Gasteiger partial charge in [-0.1, -0.05) is 6.92 Å². The monoisotopic (exact) mass is 229 g/mol. The number of aryl methyl sites for hydroxylation is 1. The second kappa shape index (κ2) is 4.69. The molecule has 2 rings (SSSR count). The van der Waals surface area contributed by atoms with Gasteiger partial charge in [0.2, 0.25) is 0 Å². The van der Waals surface area contributed by atoms with Crippen molar-refractivity contribution in [3.63, 3.8) is 0 Å². The Morgan fingerprint density at radius 1 is 1.29 bits per heavy atom. The molecule has 0 fully saturated rings. The minimum Gasteiger partial charge on any atom is -0.478 e. The summed E-state index contributed by atoms with van der Waals surface area (Å²) in [6.45, 7) is 2.02. The van der Waals surface area contributed by atoms with E-state index >= 15 is 0 Å². The molecule has 0 radical (unpaired) electrons. The number of rotatable bonds is 3. The van der Waals surface area contributed by atoms with Crippen LogP contribution in [0.3, 0.4) is 0 Å². The summed E-state index contributed by atoms with van der Waals surface area (Å²) in [5.74, 6) is -0.503. The summed E-state index contributed by atoms with van der Waals surface area (Å²) >= 11 is 0. The van der Waals surface area contributed by atoms with Crippen LogP contribution in [0.4, 0.5) is 0 Å². The smallest absolute Gasteiger partial charge is 0.338 e. The number of nitrogens with zero attached hydrogens (tertiary/aromatic N) is 3. The lowest BCUT2D eigenvalue weighted by atomic mass is 10.1. The van der Waals surface area contributed by atoms with Crippen LogP contribution in [0.15, 0.2) is 30.9 Å². The second-order valence-electron chi connectivity index (χ2n) is 3.49. The Morgan fingerprint density at radius 2 is 2.00 bits per heavy atom. The van der Waals surface area contributed by atoms with Crippen LogP contribution < -0.4 is 0 Å². The molecular formula is C12H11N3O2. The van der Waals surface area contributed by atoms with E-state index in [0.717, 1.165) is 17.5 Å². The first-order chi connectivity index (χ1) is 8.22. The number of hydrogen-bond acceptors (Lipinski definition) is 4.